The number of rotatable bonds is 6. The van der Waals surface area contributed by atoms with Crippen molar-refractivity contribution in [1.82, 2.24) is 0 Å². The van der Waals surface area contributed by atoms with Crippen molar-refractivity contribution in [3.05, 3.63) is 29.8 Å². The van der Waals surface area contributed by atoms with Crippen molar-refractivity contribution in [3.8, 4) is 0 Å². The first-order chi connectivity index (χ1) is 12.3. The third-order valence-electron chi connectivity index (χ3n) is 4.83. The zero-order chi connectivity index (χ0) is 20.5. The number of alkyl halides is 3. The van der Waals surface area contributed by atoms with E-state index in [1.807, 2.05) is 27.7 Å². The zero-order valence-corrected chi connectivity index (χ0v) is 16.9. The van der Waals surface area contributed by atoms with Gasteiger partial charge in [-0.05, 0) is 64.1 Å². The molecule has 1 heterocycles. The van der Waals surface area contributed by atoms with Gasteiger partial charge >= 0.3 is 18.6 Å². The highest BCUT2D eigenvalue weighted by atomic mass is 32.2. The molecule has 0 N–H and O–H groups in total. The van der Waals surface area contributed by atoms with Crippen LogP contribution >= 0.6 is 11.8 Å². The molecule has 1 atom stereocenters. The fourth-order valence-corrected chi connectivity index (χ4v) is 3.28. The molecule has 0 amide bonds. The molecule has 150 valence electrons. The highest BCUT2D eigenvalue weighted by molar-refractivity contribution is 8.00. The van der Waals surface area contributed by atoms with Crippen LogP contribution in [0.15, 0.2) is 29.2 Å². The number of esters is 1. The summed E-state index contributed by atoms with van der Waals surface area (Å²) in [5, 5.41) is 0. The maximum atomic E-state index is 12.5. The number of carbonyl (C=O) groups excluding carboxylic acids is 1. The molecule has 2 rings (SSSR count). The van der Waals surface area contributed by atoms with E-state index in [1.54, 1.807) is 19.1 Å². The summed E-state index contributed by atoms with van der Waals surface area (Å²) in [6.45, 7) is 9.56. The molecule has 0 radical (unpaired) electrons. The lowest BCUT2D eigenvalue weighted by Crippen LogP contribution is -2.41. The predicted octanol–water partition coefficient (Wildman–Crippen LogP) is 4.97. The average molecular weight is 404 g/mol. The van der Waals surface area contributed by atoms with Crippen molar-refractivity contribution in [2.45, 2.75) is 68.5 Å². The second kappa shape index (κ2) is 8.05. The van der Waals surface area contributed by atoms with E-state index >= 15 is 0 Å². The fourth-order valence-electron chi connectivity index (χ4n) is 2.74. The SMILES string of the molecule is CCOC(=O)CC(B1OC(C)(C)C(C)(C)O1)c1ccc(SC(F)(F)F)cc1. The Morgan fingerprint density at radius 1 is 1.15 bits per heavy atom. The van der Waals surface area contributed by atoms with Crippen LogP contribution in [0.5, 0.6) is 0 Å². The first kappa shape index (κ1) is 22.1. The standard InChI is InChI=1S/C18H24BF3O4S/c1-6-24-15(23)11-14(19-25-16(2,3)17(4,5)26-19)12-7-9-13(10-8-12)27-18(20,21)22/h7-10,14H,6,11H2,1-5H3. The quantitative estimate of drug-likeness (QED) is 0.381. The van der Waals surface area contributed by atoms with Gasteiger partial charge in [-0.1, -0.05) is 12.1 Å². The van der Waals surface area contributed by atoms with E-state index in [9.17, 15) is 18.0 Å². The molecule has 27 heavy (non-hydrogen) atoms. The van der Waals surface area contributed by atoms with Gasteiger partial charge in [0.15, 0.2) is 0 Å². The van der Waals surface area contributed by atoms with Crippen LogP contribution in [0.2, 0.25) is 0 Å². The van der Waals surface area contributed by atoms with E-state index in [-0.39, 0.29) is 29.7 Å². The Morgan fingerprint density at radius 3 is 2.11 bits per heavy atom. The molecular formula is C18H24BF3O4S. The van der Waals surface area contributed by atoms with Crippen molar-refractivity contribution in [2.75, 3.05) is 6.61 Å². The monoisotopic (exact) mass is 404 g/mol. The third kappa shape index (κ3) is 5.65. The lowest BCUT2D eigenvalue weighted by Gasteiger charge is -2.32. The predicted molar refractivity (Wildman–Crippen MR) is 98.4 cm³/mol. The summed E-state index contributed by atoms with van der Waals surface area (Å²) < 4.78 is 54.8. The van der Waals surface area contributed by atoms with Crippen molar-refractivity contribution in [3.63, 3.8) is 0 Å². The van der Waals surface area contributed by atoms with Gasteiger partial charge in [-0.2, -0.15) is 13.2 Å². The largest absolute Gasteiger partial charge is 0.466 e. The minimum Gasteiger partial charge on any atom is -0.466 e. The number of hydrogen-bond donors (Lipinski definition) is 0. The van der Waals surface area contributed by atoms with Gasteiger partial charge in [-0.3, -0.25) is 4.79 Å². The molecule has 1 fully saturated rings. The van der Waals surface area contributed by atoms with Gasteiger partial charge in [-0.25, -0.2) is 0 Å². The molecule has 1 unspecified atom stereocenters. The zero-order valence-electron chi connectivity index (χ0n) is 16.1. The molecule has 0 spiro atoms. The molecular weight excluding hydrogens is 380 g/mol. The summed E-state index contributed by atoms with van der Waals surface area (Å²) >= 11 is -0.179. The molecule has 0 bridgehead atoms. The minimum atomic E-state index is -4.35. The maximum absolute atomic E-state index is 12.5. The molecule has 1 aromatic rings. The summed E-state index contributed by atoms with van der Waals surface area (Å²) in [6, 6.07) is 5.92. The van der Waals surface area contributed by atoms with Crippen LogP contribution in [0.3, 0.4) is 0 Å². The van der Waals surface area contributed by atoms with Crippen LogP contribution < -0.4 is 0 Å². The van der Waals surface area contributed by atoms with Crippen molar-refractivity contribution in [2.24, 2.45) is 0 Å². The van der Waals surface area contributed by atoms with Gasteiger partial charge < -0.3 is 14.0 Å². The normalized spacial score (nSPS) is 19.8. The van der Waals surface area contributed by atoms with Crippen LogP contribution in [0, 0.1) is 0 Å². The van der Waals surface area contributed by atoms with Crippen LogP contribution in [0.4, 0.5) is 13.2 Å². The van der Waals surface area contributed by atoms with Crippen molar-refractivity contribution >= 4 is 24.8 Å². The Labute approximate surface area is 162 Å². The number of carbonyl (C=O) groups is 1. The second-order valence-corrected chi connectivity index (χ2v) is 8.50. The molecule has 1 aliphatic rings. The molecule has 0 aliphatic carbocycles. The van der Waals surface area contributed by atoms with E-state index in [0.717, 1.165) is 0 Å². The van der Waals surface area contributed by atoms with Crippen molar-refractivity contribution < 1.29 is 32.0 Å². The Kier molecular flexibility index (Phi) is 6.59. The molecule has 0 saturated carbocycles. The number of thioether (sulfide) groups is 1. The molecule has 0 aromatic heterocycles. The highest BCUT2D eigenvalue weighted by Gasteiger charge is 2.54. The Morgan fingerprint density at radius 2 is 1.67 bits per heavy atom. The van der Waals surface area contributed by atoms with E-state index < -0.39 is 35.6 Å². The van der Waals surface area contributed by atoms with E-state index in [2.05, 4.69) is 0 Å². The van der Waals surface area contributed by atoms with Crippen LogP contribution in [-0.2, 0) is 18.8 Å². The Hall–Kier alpha value is -1.19. The minimum absolute atomic E-state index is 0.0103. The van der Waals surface area contributed by atoms with Crippen LogP contribution in [0.25, 0.3) is 0 Å². The number of halogens is 3. The van der Waals surface area contributed by atoms with E-state index in [4.69, 9.17) is 14.0 Å². The number of benzene rings is 1. The summed E-state index contributed by atoms with van der Waals surface area (Å²) in [5.74, 6) is -0.902. The Balaban J connectivity index is 2.26. The average Bonchev–Trinajstić information content (AvgIpc) is 2.72. The molecule has 9 heteroatoms. The van der Waals surface area contributed by atoms with Crippen LogP contribution in [0.1, 0.15) is 52.4 Å². The Bertz CT molecular complexity index is 646. The third-order valence-corrected chi connectivity index (χ3v) is 5.57. The summed E-state index contributed by atoms with van der Waals surface area (Å²) in [4.78, 5) is 12.2. The smallest absolute Gasteiger partial charge is 0.466 e. The highest BCUT2D eigenvalue weighted by Crippen LogP contribution is 2.42. The topological polar surface area (TPSA) is 44.8 Å². The lowest BCUT2D eigenvalue weighted by atomic mass is 9.66. The number of ether oxygens (including phenoxy) is 1. The van der Waals surface area contributed by atoms with Crippen LogP contribution in [-0.4, -0.2) is 36.4 Å². The van der Waals surface area contributed by atoms with Gasteiger partial charge in [0.1, 0.15) is 0 Å². The summed E-state index contributed by atoms with van der Waals surface area (Å²) in [6.07, 6.45) is 0.0103. The van der Waals surface area contributed by atoms with Gasteiger partial charge in [0.2, 0.25) is 0 Å². The molecule has 1 aliphatic heterocycles. The number of hydrogen-bond acceptors (Lipinski definition) is 5. The first-order valence-corrected chi connectivity index (χ1v) is 9.53. The fraction of sp³-hybridized carbons (Fsp3) is 0.611. The van der Waals surface area contributed by atoms with Crippen molar-refractivity contribution in [1.29, 1.82) is 0 Å². The van der Waals surface area contributed by atoms with E-state index in [1.165, 1.54) is 12.1 Å². The summed E-state index contributed by atoms with van der Waals surface area (Å²) in [5.41, 5.74) is -4.86. The van der Waals surface area contributed by atoms with Gasteiger partial charge in [-0.15, -0.1) is 0 Å². The molecule has 1 saturated heterocycles. The lowest BCUT2D eigenvalue weighted by molar-refractivity contribution is -0.143. The van der Waals surface area contributed by atoms with Gasteiger partial charge in [0.05, 0.1) is 24.2 Å². The molecule has 1 aromatic carbocycles. The molecule has 4 nitrogen and oxygen atoms in total. The van der Waals surface area contributed by atoms with Gasteiger partial charge in [0.25, 0.3) is 0 Å². The first-order valence-electron chi connectivity index (χ1n) is 8.71. The summed E-state index contributed by atoms with van der Waals surface area (Å²) in [7, 11) is -0.708. The van der Waals surface area contributed by atoms with E-state index in [0.29, 0.717) is 5.56 Å². The second-order valence-electron chi connectivity index (χ2n) is 7.36. The maximum Gasteiger partial charge on any atom is 0.466 e. The van der Waals surface area contributed by atoms with Gasteiger partial charge in [0, 0.05) is 10.7 Å².